The van der Waals surface area contributed by atoms with Crippen molar-refractivity contribution in [1.82, 2.24) is 19.5 Å². The molecule has 0 atom stereocenters. The highest BCUT2D eigenvalue weighted by atomic mass is 32.2. The van der Waals surface area contributed by atoms with Crippen molar-refractivity contribution >= 4 is 15.9 Å². The molecule has 0 radical (unpaired) electrons. The molecular formula is C19H24N4O3S. The molecule has 1 saturated heterocycles. The highest BCUT2D eigenvalue weighted by Gasteiger charge is 2.28. The summed E-state index contributed by atoms with van der Waals surface area (Å²) in [6.45, 7) is 5.78. The van der Waals surface area contributed by atoms with Crippen LogP contribution in [0.3, 0.4) is 0 Å². The second-order valence-electron chi connectivity index (χ2n) is 6.37. The Bertz CT molecular complexity index is 862. The van der Waals surface area contributed by atoms with Crippen molar-refractivity contribution in [3.63, 3.8) is 0 Å². The number of hydrogen-bond acceptors (Lipinski definition) is 5. The molecule has 8 heteroatoms. The summed E-state index contributed by atoms with van der Waals surface area (Å²) < 4.78 is 27.1. The van der Waals surface area contributed by atoms with Gasteiger partial charge in [-0.1, -0.05) is 13.0 Å². The van der Waals surface area contributed by atoms with Gasteiger partial charge in [0.05, 0.1) is 17.1 Å². The number of carbonyl (C=O) groups is 1. The Balaban J connectivity index is 1.63. The van der Waals surface area contributed by atoms with E-state index >= 15 is 0 Å². The topological polar surface area (TPSA) is 82.6 Å². The number of carbonyl (C=O) groups excluding carboxylic acids is 1. The lowest BCUT2D eigenvalue weighted by molar-refractivity contribution is 0.0950. The molecule has 0 spiro atoms. The summed E-state index contributed by atoms with van der Waals surface area (Å²) in [5.41, 5.74) is 1.18. The van der Waals surface area contributed by atoms with Crippen molar-refractivity contribution in [2.75, 3.05) is 32.7 Å². The van der Waals surface area contributed by atoms with Gasteiger partial charge in [0, 0.05) is 37.9 Å². The average Bonchev–Trinajstić information content (AvgIpc) is 2.73. The second-order valence-corrected chi connectivity index (χ2v) is 8.30. The van der Waals surface area contributed by atoms with E-state index in [4.69, 9.17) is 0 Å². The van der Waals surface area contributed by atoms with Crippen LogP contribution in [0.4, 0.5) is 0 Å². The molecular weight excluding hydrogens is 364 g/mol. The number of aromatic nitrogens is 1. The van der Waals surface area contributed by atoms with Crippen LogP contribution in [-0.2, 0) is 16.6 Å². The van der Waals surface area contributed by atoms with E-state index in [1.807, 2.05) is 18.2 Å². The number of nitrogens with one attached hydrogen (secondary N) is 1. The molecule has 1 N–H and O–H groups in total. The monoisotopic (exact) mass is 388 g/mol. The van der Waals surface area contributed by atoms with Gasteiger partial charge in [0.2, 0.25) is 10.0 Å². The van der Waals surface area contributed by atoms with Crippen LogP contribution in [0.2, 0.25) is 0 Å². The van der Waals surface area contributed by atoms with Crippen LogP contribution < -0.4 is 5.32 Å². The zero-order valence-corrected chi connectivity index (χ0v) is 16.2. The van der Waals surface area contributed by atoms with Gasteiger partial charge in [-0.05, 0) is 42.9 Å². The van der Waals surface area contributed by atoms with Gasteiger partial charge < -0.3 is 10.2 Å². The van der Waals surface area contributed by atoms with Crippen LogP contribution >= 0.6 is 0 Å². The predicted molar refractivity (Wildman–Crippen MR) is 103 cm³/mol. The first-order valence-electron chi connectivity index (χ1n) is 9.01. The van der Waals surface area contributed by atoms with E-state index in [-0.39, 0.29) is 10.8 Å². The second kappa shape index (κ2) is 8.60. The van der Waals surface area contributed by atoms with Gasteiger partial charge >= 0.3 is 0 Å². The summed E-state index contributed by atoms with van der Waals surface area (Å²) in [7, 11) is -3.53. The summed E-state index contributed by atoms with van der Waals surface area (Å²) in [5, 5.41) is 2.78. The van der Waals surface area contributed by atoms with Crippen LogP contribution in [0.25, 0.3) is 0 Å². The SMILES string of the molecule is CCN1CCN(S(=O)(=O)c2ccc(C(=O)NCc3ccccn3)cc2)CC1. The molecule has 1 aromatic heterocycles. The largest absolute Gasteiger partial charge is 0.346 e. The molecule has 2 heterocycles. The first-order chi connectivity index (χ1) is 13.0. The molecule has 3 rings (SSSR count). The Labute approximate surface area is 160 Å². The summed E-state index contributed by atoms with van der Waals surface area (Å²) in [4.78, 5) is 18.8. The molecule has 1 fully saturated rings. The number of benzene rings is 1. The predicted octanol–water partition coefficient (Wildman–Crippen LogP) is 1.34. The fraction of sp³-hybridized carbons (Fsp3) is 0.368. The van der Waals surface area contributed by atoms with Gasteiger partial charge in [-0.3, -0.25) is 9.78 Å². The maximum absolute atomic E-state index is 12.8. The molecule has 0 saturated carbocycles. The summed E-state index contributed by atoms with van der Waals surface area (Å²) in [6, 6.07) is 11.6. The molecule has 0 aliphatic carbocycles. The maximum atomic E-state index is 12.8. The Morgan fingerprint density at radius 2 is 1.78 bits per heavy atom. The molecule has 27 heavy (non-hydrogen) atoms. The Morgan fingerprint density at radius 3 is 2.37 bits per heavy atom. The maximum Gasteiger partial charge on any atom is 0.251 e. The minimum absolute atomic E-state index is 0.216. The Hall–Kier alpha value is -2.29. The van der Waals surface area contributed by atoms with E-state index < -0.39 is 10.0 Å². The average molecular weight is 388 g/mol. The standard InChI is InChI=1S/C19H24N4O3S/c1-2-22-11-13-23(14-12-22)27(25,26)18-8-6-16(7-9-18)19(24)21-15-17-5-3-4-10-20-17/h3-10H,2,11-15H2,1H3,(H,21,24). The quantitative estimate of drug-likeness (QED) is 0.807. The summed E-state index contributed by atoms with van der Waals surface area (Å²) >= 11 is 0. The number of rotatable bonds is 6. The smallest absolute Gasteiger partial charge is 0.251 e. The van der Waals surface area contributed by atoms with Crippen molar-refractivity contribution in [3.05, 3.63) is 59.9 Å². The van der Waals surface area contributed by atoms with Crippen molar-refractivity contribution < 1.29 is 13.2 Å². The number of sulfonamides is 1. The van der Waals surface area contributed by atoms with Gasteiger partial charge in [0.25, 0.3) is 5.91 Å². The van der Waals surface area contributed by atoms with E-state index in [1.165, 1.54) is 16.4 Å². The summed E-state index contributed by atoms with van der Waals surface area (Å²) in [6.07, 6.45) is 1.67. The van der Waals surface area contributed by atoms with Crippen molar-refractivity contribution in [1.29, 1.82) is 0 Å². The molecule has 1 amide bonds. The molecule has 7 nitrogen and oxygen atoms in total. The number of likely N-dealkylation sites (N-methyl/N-ethyl adjacent to an activating group) is 1. The van der Waals surface area contributed by atoms with Crippen LogP contribution in [0.1, 0.15) is 23.0 Å². The van der Waals surface area contributed by atoms with Gasteiger partial charge in [0.15, 0.2) is 0 Å². The third-order valence-electron chi connectivity index (χ3n) is 4.69. The Kier molecular flexibility index (Phi) is 6.20. The molecule has 0 unspecified atom stereocenters. The van der Waals surface area contributed by atoms with E-state index in [9.17, 15) is 13.2 Å². The summed E-state index contributed by atoms with van der Waals surface area (Å²) in [5.74, 6) is -0.263. The molecule has 1 aliphatic rings. The van der Waals surface area contributed by atoms with E-state index in [2.05, 4.69) is 22.1 Å². The van der Waals surface area contributed by atoms with Gasteiger partial charge in [-0.2, -0.15) is 4.31 Å². The lowest BCUT2D eigenvalue weighted by Crippen LogP contribution is -2.48. The van der Waals surface area contributed by atoms with Crippen LogP contribution in [0.15, 0.2) is 53.6 Å². The first kappa shape index (κ1) is 19.5. The molecule has 2 aromatic rings. The van der Waals surface area contributed by atoms with Crippen molar-refractivity contribution in [3.8, 4) is 0 Å². The number of amides is 1. The number of pyridine rings is 1. The van der Waals surface area contributed by atoms with Crippen molar-refractivity contribution in [2.45, 2.75) is 18.4 Å². The first-order valence-corrected chi connectivity index (χ1v) is 10.5. The number of piperazine rings is 1. The lowest BCUT2D eigenvalue weighted by Gasteiger charge is -2.33. The lowest BCUT2D eigenvalue weighted by atomic mass is 10.2. The Morgan fingerprint density at radius 1 is 1.07 bits per heavy atom. The van der Waals surface area contributed by atoms with E-state index in [0.717, 1.165) is 25.3 Å². The van der Waals surface area contributed by atoms with Gasteiger partial charge in [-0.15, -0.1) is 0 Å². The number of hydrogen-bond donors (Lipinski definition) is 1. The third-order valence-corrected chi connectivity index (χ3v) is 6.60. The third kappa shape index (κ3) is 4.71. The zero-order valence-electron chi connectivity index (χ0n) is 15.3. The van der Waals surface area contributed by atoms with Crippen LogP contribution in [0, 0.1) is 0 Å². The van der Waals surface area contributed by atoms with Gasteiger partial charge in [-0.25, -0.2) is 8.42 Å². The van der Waals surface area contributed by atoms with Crippen LogP contribution in [-0.4, -0.2) is 61.2 Å². The van der Waals surface area contributed by atoms with Crippen LogP contribution in [0.5, 0.6) is 0 Å². The molecule has 1 aliphatic heterocycles. The number of nitrogens with zero attached hydrogens (tertiary/aromatic N) is 3. The molecule has 144 valence electrons. The van der Waals surface area contributed by atoms with Gasteiger partial charge in [0.1, 0.15) is 0 Å². The molecule has 1 aromatic carbocycles. The van der Waals surface area contributed by atoms with Crippen molar-refractivity contribution in [2.24, 2.45) is 0 Å². The fourth-order valence-corrected chi connectivity index (χ4v) is 4.41. The molecule has 0 bridgehead atoms. The normalized spacial score (nSPS) is 16.2. The van der Waals surface area contributed by atoms with E-state index in [1.54, 1.807) is 18.3 Å². The highest BCUT2D eigenvalue weighted by molar-refractivity contribution is 7.89. The van der Waals surface area contributed by atoms with E-state index in [0.29, 0.717) is 25.2 Å². The zero-order chi connectivity index (χ0) is 19.3. The highest BCUT2D eigenvalue weighted by Crippen LogP contribution is 2.18. The fourth-order valence-electron chi connectivity index (χ4n) is 2.99. The minimum atomic E-state index is -3.53. The minimum Gasteiger partial charge on any atom is -0.346 e.